The second-order valence-electron chi connectivity index (χ2n) is 4.11. The van der Waals surface area contributed by atoms with E-state index >= 15 is 0 Å². The van der Waals surface area contributed by atoms with Gasteiger partial charge in [-0.05, 0) is 24.2 Å². The maximum Gasteiger partial charge on any atom is 0.217 e. The number of hydrogen-bond acceptors (Lipinski definition) is 1. The van der Waals surface area contributed by atoms with Crippen molar-refractivity contribution in [3.8, 4) is 0 Å². The zero-order valence-electron chi connectivity index (χ0n) is 7.39. The first-order valence-electron chi connectivity index (χ1n) is 4.34. The fourth-order valence-corrected chi connectivity index (χ4v) is 2.05. The van der Waals surface area contributed by atoms with Gasteiger partial charge in [0.2, 0.25) is 5.91 Å². The number of amides is 1. The molecule has 2 heteroatoms. The van der Waals surface area contributed by atoms with Crippen LogP contribution in [0, 0.1) is 11.3 Å². The van der Waals surface area contributed by atoms with Gasteiger partial charge in [-0.3, -0.25) is 4.79 Å². The Morgan fingerprint density at radius 3 is 2.55 bits per heavy atom. The third kappa shape index (κ3) is 1.95. The molecule has 0 aromatic rings. The van der Waals surface area contributed by atoms with Gasteiger partial charge in [-0.25, -0.2) is 0 Å². The molecule has 1 rings (SSSR count). The molecule has 0 aromatic carbocycles. The third-order valence-electron chi connectivity index (χ3n) is 2.91. The summed E-state index contributed by atoms with van der Waals surface area (Å²) >= 11 is 0. The van der Waals surface area contributed by atoms with Crippen LogP contribution in [0.5, 0.6) is 0 Å². The summed E-state index contributed by atoms with van der Waals surface area (Å²) in [6.07, 6.45) is 4.19. The third-order valence-corrected chi connectivity index (χ3v) is 2.91. The van der Waals surface area contributed by atoms with E-state index in [4.69, 9.17) is 5.73 Å². The molecule has 2 nitrogen and oxygen atoms in total. The Morgan fingerprint density at radius 1 is 1.64 bits per heavy atom. The van der Waals surface area contributed by atoms with Gasteiger partial charge in [0.05, 0.1) is 0 Å². The summed E-state index contributed by atoms with van der Waals surface area (Å²) in [5, 5.41) is 0. The van der Waals surface area contributed by atoms with Gasteiger partial charge >= 0.3 is 0 Å². The van der Waals surface area contributed by atoms with Crippen LogP contribution in [0.2, 0.25) is 0 Å². The molecule has 0 unspecified atom stereocenters. The first-order chi connectivity index (χ1) is 5.06. The Labute approximate surface area is 68.2 Å². The summed E-state index contributed by atoms with van der Waals surface area (Å²) in [4.78, 5) is 10.5. The highest BCUT2D eigenvalue weighted by molar-refractivity contribution is 5.74. The Bertz CT molecular complexity index is 159. The minimum atomic E-state index is -0.145. The molecule has 0 radical (unpaired) electrons. The number of rotatable bonds is 3. The van der Waals surface area contributed by atoms with E-state index in [0.29, 0.717) is 17.8 Å². The van der Waals surface area contributed by atoms with Crippen molar-refractivity contribution in [3.63, 3.8) is 0 Å². The molecule has 1 fully saturated rings. The van der Waals surface area contributed by atoms with Gasteiger partial charge in [0, 0.05) is 6.42 Å². The highest BCUT2D eigenvalue weighted by atomic mass is 16.1. The average molecular weight is 155 g/mol. The Morgan fingerprint density at radius 2 is 2.18 bits per heavy atom. The van der Waals surface area contributed by atoms with Crippen molar-refractivity contribution in [1.29, 1.82) is 0 Å². The van der Waals surface area contributed by atoms with E-state index in [1.165, 1.54) is 19.3 Å². The van der Waals surface area contributed by atoms with Crippen LogP contribution in [0.25, 0.3) is 0 Å². The summed E-state index contributed by atoms with van der Waals surface area (Å²) in [6, 6.07) is 0. The lowest BCUT2D eigenvalue weighted by atomic mass is 9.61. The van der Waals surface area contributed by atoms with Crippen molar-refractivity contribution in [2.45, 2.75) is 39.5 Å². The van der Waals surface area contributed by atoms with E-state index in [1.54, 1.807) is 0 Å². The van der Waals surface area contributed by atoms with Crippen LogP contribution >= 0.6 is 0 Å². The van der Waals surface area contributed by atoms with Crippen molar-refractivity contribution < 1.29 is 4.79 Å². The lowest BCUT2D eigenvalue weighted by molar-refractivity contribution is -0.120. The van der Waals surface area contributed by atoms with Gasteiger partial charge in [0.15, 0.2) is 0 Å². The minimum Gasteiger partial charge on any atom is -0.370 e. The van der Waals surface area contributed by atoms with E-state index in [-0.39, 0.29) is 5.91 Å². The van der Waals surface area contributed by atoms with E-state index in [1.807, 2.05) is 0 Å². The van der Waals surface area contributed by atoms with E-state index in [2.05, 4.69) is 13.8 Å². The van der Waals surface area contributed by atoms with E-state index < -0.39 is 0 Å². The van der Waals surface area contributed by atoms with Gasteiger partial charge < -0.3 is 5.73 Å². The van der Waals surface area contributed by atoms with Crippen LogP contribution < -0.4 is 5.73 Å². The van der Waals surface area contributed by atoms with Crippen molar-refractivity contribution in [2.75, 3.05) is 0 Å². The molecule has 0 spiro atoms. The Balaban J connectivity index is 2.23. The summed E-state index contributed by atoms with van der Waals surface area (Å²) in [5.41, 5.74) is 5.61. The summed E-state index contributed by atoms with van der Waals surface area (Å²) in [6.45, 7) is 4.49. The molecule has 0 heterocycles. The molecule has 1 saturated carbocycles. The summed E-state index contributed by atoms with van der Waals surface area (Å²) in [7, 11) is 0. The standard InChI is InChI=1S/C9H17NO/c1-3-9(2)5-7(6-9)4-8(10)11/h7H,3-6H2,1-2H3,(H2,10,11). The van der Waals surface area contributed by atoms with Crippen molar-refractivity contribution >= 4 is 5.91 Å². The monoisotopic (exact) mass is 155 g/mol. The molecule has 0 bridgehead atoms. The molecule has 0 atom stereocenters. The van der Waals surface area contributed by atoms with Crippen LogP contribution in [0.1, 0.15) is 39.5 Å². The van der Waals surface area contributed by atoms with Gasteiger partial charge in [-0.15, -0.1) is 0 Å². The van der Waals surface area contributed by atoms with Crippen molar-refractivity contribution in [3.05, 3.63) is 0 Å². The highest BCUT2D eigenvalue weighted by Crippen LogP contribution is 2.48. The van der Waals surface area contributed by atoms with Crippen LogP contribution in [0.3, 0.4) is 0 Å². The number of nitrogens with two attached hydrogens (primary N) is 1. The topological polar surface area (TPSA) is 43.1 Å². The number of primary amides is 1. The average Bonchev–Trinajstić information content (AvgIpc) is 1.83. The Hall–Kier alpha value is -0.530. The number of hydrogen-bond donors (Lipinski definition) is 1. The minimum absolute atomic E-state index is 0.145. The normalized spacial score (nSPS) is 36.4. The molecule has 1 aliphatic carbocycles. The molecule has 1 amide bonds. The first-order valence-corrected chi connectivity index (χ1v) is 4.34. The quantitative estimate of drug-likeness (QED) is 0.662. The molecular weight excluding hydrogens is 138 g/mol. The fourth-order valence-electron chi connectivity index (χ4n) is 2.05. The summed E-state index contributed by atoms with van der Waals surface area (Å²) in [5.74, 6) is 0.436. The predicted octanol–water partition coefficient (Wildman–Crippen LogP) is 1.69. The SMILES string of the molecule is CCC1(C)CC(CC(N)=O)C1. The number of carbonyl (C=O) groups is 1. The second kappa shape index (κ2) is 2.84. The lowest BCUT2D eigenvalue weighted by Gasteiger charge is -2.44. The predicted molar refractivity (Wildman–Crippen MR) is 44.9 cm³/mol. The van der Waals surface area contributed by atoms with Crippen molar-refractivity contribution in [1.82, 2.24) is 0 Å². The van der Waals surface area contributed by atoms with Crippen molar-refractivity contribution in [2.24, 2.45) is 17.1 Å². The Kier molecular flexibility index (Phi) is 2.21. The molecule has 11 heavy (non-hydrogen) atoms. The zero-order valence-corrected chi connectivity index (χ0v) is 7.39. The fraction of sp³-hybridized carbons (Fsp3) is 0.889. The molecule has 0 aromatic heterocycles. The van der Waals surface area contributed by atoms with E-state index in [9.17, 15) is 4.79 Å². The van der Waals surface area contributed by atoms with Gasteiger partial charge in [0.25, 0.3) is 0 Å². The molecule has 64 valence electrons. The highest BCUT2D eigenvalue weighted by Gasteiger charge is 2.38. The maximum atomic E-state index is 10.5. The smallest absolute Gasteiger partial charge is 0.217 e. The largest absolute Gasteiger partial charge is 0.370 e. The molecule has 1 aliphatic rings. The molecule has 0 aliphatic heterocycles. The maximum absolute atomic E-state index is 10.5. The van der Waals surface area contributed by atoms with Gasteiger partial charge in [-0.1, -0.05) is 20.3 Å². The van der Waals surface area contributed by atoms with Crippen LogP contribution in [-0.2, 0) is 4.79 Å². The second-order valence-corrected chi connectivity index (χ2v) is 4.11. The van der Waals surface area contributed by atoms with Gasteiger partial charge in [0.1, 0.15) is 0 Å². The zero-order chi connectivity index (χ0) is 8.48. The molecular formula is C9H17NO. The number of carbonyl (C=O) groups excluding carboxylic acids is 1. The lowest BCUT2D eigenvalue weighted by Crippen LogP contribution is -2.36. The van der Waals surface area contributed by atoms with Crippen LogP contribution in [0.4, 0.5) is 0 Å². The van der Waals surface area contributed by atoms with Gasteiger partial charge in [-0.2, -0.15) is 0 Å². The molecule has 2 N–H and O–H groups in total. The van der Waals surface area contributed by atoms with Crippen LogP contribution in [0.15, 0.2) is 0 Å². The van der Waals surface area contributed by atoms with Crippen LogP contribution in [-0.4, -0.2) is 5.91 Å². The summed E-state index contributed by atoms with van der Waals surface area (Å²) < 4.78 is 0. The first kappa shape index (κ1) is 8.57. The molecule has 0 saturated heterocycles. The van der Waals surface area contributed by atoms with E-state index in [0.717, 1.165) is 0 Å².